The van der Waals surface area contributed by atoms with Crippen molar-refractivity contribution in [2.45, 2.75) is 45.4 Å². The summed E-state index contributed by atoms with van der Waals surface area (Å²) in [6.45, 7) is 3.73. The molecule has 0 saturated carbocycles. The molecule has 34 heavy (non-hydrogen) atoms. The van der Waals surface area contributed by atoms with E-state index >= 15 is 0 Å². The van der Waals surface area contributed by atoms with Gasteiger partial charge in [0.15, 0.2) is 5.78 Å². The Morgan fingerprint density at radius 2 is 1.79 bits per heavy atom. The second-order valence-electron chi connectivity index (χ2n) is 8.04. The van der Waals surface area contributed by atoms with Crippen molar-refractivity contribution in [1.29, 1.82) is 0 Å². The van der Waals surface area contributed by atoms with Gasteiger partial charge in [0.05, 0.1) is 25.4 Å². The molecule has 0 spiro atoms. The van der Waals surface area contributed by atoms with Crippen molar-refractivity contribution in [1.82, 2.24) is 0 Å². The van der Waals surface area contributed by atoms with Crippen LogP contribution in [0.4, 0.5) is 0 Å². The molecule has 0 aromatic heterocycles. The molecule has 3 rings (SSSR count). The Balaban J connectivity index is 1.44. The standard InChI is InChI=1S/C28H32O6/c1-2-10-23-26(16-15-22-24(29)17-20-34-28(22)23)33-19-9-3-8-18-32-25-13-6-4-11-21(25)12-5-7-14-27(30)31/h4-7,11-16H,2-3,8-10,17-20H2,1H3,(H,30,31)/b12-5+,14-7+. The Morgan fingerprint density at radius 1 is 1.03 bits per heavy atom. The third-order valence-corrected chi connectivity index (χ3v) is 5.44. The first-order valence-electron chi connectivity index (χ1n) is 11.8. The fourth-order valence-corrected chi connectivity index (χ4v) is 3.79. The van der Waals surface area contributed by atoms with Gasteiger partial charge in [-0.05, 0) is 43.9 Å². The van der Waals surface area contributed by atoms with Crippen molar-refractivity contribution in [3.63, 3.8) is 0 Å². The molecule has 2 aromatic carbocycles. The highest BCUT2D eigenvalue weighted by Gasteiger charge is 2.23. The largest absolute Gasteiger partial charge is 0.493 e. The van der Waals surface area contributed by atoms with Gasteiger partial charge in [0.1, 0.15) is 17.2 Å². The SMILES string of the molecule is CCCc1c(OCCCCCOc2ccccc2/C=C/C=C/C(=O)O)ccc2c1OCCC2=O. The van der Waals surface area contributed by atoms with E-state index in [0.717, 1.165) is 60.8 Å². The van der Waals surface area contributed by atoms with Gasteiger partial charge in [-0.25, -0.2) is 4.79 Å². The van der Waals surface area contributed by atoms with Crippen molar-refractivity contribution in [3.05, 3.63) is 71.3 Å². The maximum absolute atomic E-state index is 12.2. The number of allylic oxidation sites excluding steroid dienone is 2. The number of aliphatic carboxylic acids is 1. The molecule has 0 bridgehead atoms. The molecule has 0 saturated heterocycles. The molecule has 1 aliphatic rings. The molecular weight excluding hydrogens is 432 g/mol. The van der Waals surface area contributed by atoms with Crippen LogP contribution >= 0.6 is 0 Å². The minimum Gasteiger partial charge on any atom is -0.493 e. The first kappa shape index (κ1) is 25.1. The van der Waals surface area contributed by atoms with Crippen molar-refractivity contribution < 1.29 is 28.9 Å². The minimum absolute atomic E-state index is 0.138. The monoisotopic (exact) mass is 464 g/mol. The number of carboxylic acids is 1. The summed E-state index contributed by atoms with van der Waals surface area (Å²) in [6.07, 6.45) is 11.0. The number of para-hydroxylation sites is 1. The summed E-state index contributed by atoms with van der Waals surface area (Å²) in [5.41, 5.74) is 2.57. The zero-order valence-corrected chi connectivity index (χ0v) is 19.6. The van der Waals surface area contributed by atoms with Crippen LogP contribution in [0, 0.1) is 0 Å². The number of rotatable bonds is 13. The third kappa shape index (κ3) is 7.24. The molecule has 6 heteroatoms. The van der Waals surface area contributed by atoms with Crippen LogP contribution in [0.5, 0.6) is 17.2 Å². The van der Waals surface area contributed by atoms with Crippen LogP contribution in [-0.4, -0.2) is 36.7 Å². The number of fused-ring (bicyclic) bond motifs is 1. The molecule has 6 nitrogen and oxygen atoms in total. The van der Waals surface area contributed by atoms with Crippen LogP contribution in [0.2, 0.25) is 0 Å². The van der Waals surface area contributed by atoms with E-state index < -0.39 is 5.97 Å². The molecule has 2 aromatic rings. The highest BCUT2D eigenvalue weighted by atomic mass is 16.5. The highest BCUT2D eigenvalue weighted by molar-refractivity contribution is 6.00. The Labute approximate surface area is 200 Å². The molecule has 0 amide bonds. The number of carboxylic acid groups (broad SMARTS) is 1. The molecule has 0 fully saturated rings. The predicted molar refractivity (Wildman–Crippen MR) is 132 cm³/mol. The van der Waals surface area contributed by atoms with Crippen LogP contribution < -0.4 is 14.2 Å². The number of ether oxygens (including phenoxy) is 3. The smallest absolute Gasteiger partial charge is 0.328 e. The lowest BCUT2D eigenvalue weighted by Gasteiger charge is -2.22. The van der Waals surface area contributed by atoms with Gasteiger partial charge in [0.25, 0.3) is 0 Å². The second-order valence-corrected chi connectivity index (χ2v) is 8.04. The van der Waals surface area contributed by atoms with Crippen molar-refractivity contribution >= 4 is 17.8 Å². The van der Waals surface area contributed by atoms with Gasteiger partial charge in [-0.2, -0.15) is 0 Å². The molecule has 0 aliphatic carbocycles. The maximum Gasteiger partial charge on any atom is 0.328 e. The molecular formula is C28H32O6. The molecule has 180 valence electrons. The van der Waals surface area contributed by atoms with Gasteiger partial charge in [-0.3, -0.25) is 4.79 Å². The van der Waals surface area contributed by atoms with Crippen LogP contribution in [0.25, 0.3) is 6.08 Å². The Hall–Kier alpha value is -3.54. The molecule has 1 heterocycles. The number of Topliss-reactive ketones (excluding diaryl/α,β-unsaturated/α-hetero) is 1. The molecule has 1 N–H and O–H groups in total. The van der Waals surface area contributed by atoms with E-state index in [1.807, 2.05) is 42.5 Å². The van der Waals surface area contributed by atoms with Crippen molar-refractivity contribution in [2.24, 2.45) is 0 Å². The number of ketones is 1. The molecule has 0 unspecified atom stereocenters. The number of carbonyl (C=O) groups is 2. The van der Waals surface area contributed by atoms with Gasteiger partial charge >= 0.3 is 5.97 Å². The Kier molecular flexibility index (Phi) is 9.77. The zero-order chi connectivity index (χ0) is 24.2. The fourth-order valence-electron chi connectivity index (χ4n) is 3.79. The first-order valence-corrected chi connectivity index (χ1v) is 11.8. The molecule has 0 radical (unpaired) electrons. The van der Waals surface area contributed by atoms with E-state index in [2.05, 4.69) is 6.92 Å². The summed E-state index contributed by atoms with van der Waals surface area (Å²) in [5.74, 6) is 1.44. The van der Waals surface area contributed by atoms with Gasteiger partial charge in [-0.1, -0.05) is 49.8 Å². The van der Waals surface area contributed by atoms with E-state index in [-0.39, 0.29) is 5.78 Å². The van der Waals surface area contributed by atoms with Gasteiger partial charge in [0.2, 0.25) is 0 Å². The lowest BCUT2D eigenvalue weighted by molar-refractivity contribution is -0.131. The van der Waals surface area contributed by atoms with E-state index in [1.54, 1.807) is 6.08 Å². The normalized spacial score (nSPS) is 13.1. The highest BCUT2D eigenvalue weighted by Crippen LogP contribution is 2.36. The van der Waals surface area contributed by atoms with Gasteiger partial charge in [-0.15, -0.1) is 0 Å². The average molecular weight is 465 g/mol. The average Bonchev–Trinajstić information content (AvgIpc) is 2.83. The van der Waals surface area contributed by atoms with Crippen LogP contribution in [0.1, 0.15) is 60.5 Å². The number of hydrogen-bond donors (Lipinski definition) is 1. The lowest BCUT2D eigenvalue weighted by Crippen LogP contribution is -2.17. The summed E-state index contributed by atoms with van der Waals surface area (Å²) in [6, 6.07) is 11.4. The van der Waals surface area contributed by atoms with Crippen molar-refractivity contribution in [3.8, 4) is 17.2 Å². The van der Waals surface area contributed by atoms with Crippen LogP contribution in [0.3, 0.4) is 0 Å². The quantitative estimate of drug-likeness (QED) is 0.226. The summed E-state index contributed by atoms with van der Waals surface area (Å²) in [5, 5.41) is 8.66. The second kappa shape index (κ2) is 13.2. The maximum atomic E-state index is 12.2. The predicted octanol–water partition coefficient (Wildman–Crippen LogP) is 5.89. The van der Waals surface area contributed by atoms with E-state index in [4.69, 9.17) is 19.3 Å². The lowest BCUT2D eigenvalue weighted by atomic mass is 9.98. The number of unbranched alkanes of at least 4 members (excludes halogenated alkanes) is 2. The Morgan fingerprint density at radius 3 is 2.56 bits per heavy atom. The summed E-state index contributed by atoms with van der Waals surface area (Å²) < 4.78 is 17.8. The van der Waals surface area contributed by atoms with Gasteiger partial charge < -0.3 is 19.3 Å². The summed E-state index contributed by atoms with van der Waals surface area (Å²) in [7, 11) is 0. The first-order chi connectivity index (χ1) is 16.6. The number of benzene rings is 2. The summed E-state index contributed by atoms with van der Waals surface area (Å²) >= 11 is 0. The fraction of sp³-hybridized carbons (Fsp3) is 0.357. The minimum atomic E-state index is -0.977. The van der Waals surface area contributed by atoms with E-state index in [1.165, 1.54) is 6.08 Å². The topological polar surface area (TPSA) is 82.1 Å². The van der Waals surface area contributed by atoms with E-state index in [0.29, 0.717) is 37.6 Å². The van der Waals surface area contributed by atoms with Crippen LogP contribution in [0.15, 0.2) is 54.6 Å². The molecule has 0 atom stereocenters. The summed E-state index contributed by atoms with van der Waals surface area (Å²) in [4.78, 5) is 22.7. The van der Waals surface area contributed by atoms with Crippen LogP contribution in [-0.2, 0) is 11.2 Å². The van der Waals surface area contributed by atoms with Gasteiger partial charge in [0, 0.05) is 23.6 Å². The van der Waals surface area contributed by atoms with Crippen molar-refractivity contribution in [2.75, 3.05) is 19.8 Å². The van der Waals surface area contributed by atoms with E-state index in [9.17, 15) is 9.59 Å². The number of hydrogen-bond acceptors (Lipinski definition) is 5. The third-order valence-electron chi connectivity index (χ3n) is 5.44. The number of carbonyl (C=O) groups excluding carboxylic acids is 1. The Bertz CT molecular complexity index is 1040. The molecule has 1 aliphatic heterocycles. The zero-order valence-electron chi connectivity index (χ0n) is 19.6.